The SMILES string of the molecule is C1=C[C@H]2C[C@@H]1C[C@H]2CN1CC2c3ccccc3C3CC2(C1)c1ccccc13. The van der Waals surface area contributed by atoms with Gasteiger partial charge in [-0.3, -0.25) is 0 Å². The van der Waals surface area contributed by atoms with Gasteiger partial charge in [-0.1, -0.05) is 60.7 Å². The topological polar surface area (TPSA) is 3.24 Å². The van der Waals surface area contributed by atoms with Crippen LogP contribution in [0.1, 0.15) is 53.4 Å². The average molecular weight is 354 g/mol. The van der Waals surface area contributed by atoms with Crippen LogP contribution in [-0.2, 0) is 5.41 Å². The Balaban J connectivity index is 1.30. The first-order valence-electron chi connectivity index (χ1n) is 10.9. The fourth-order valence-electron chi connectivity index (χ4n) is 7.72. The van der Waals surface area contributed by atoms with Gasteiger partial charge in [0.05, 0.1) is 0 Å². The molecule has 5 aliphatic rings. The van der Waals surface area contributed by atoms with Gasteiger partial charge in [0, 0.05) is 36.9 Å². The Bertz CT molecular complexity index is 947. The Kier molecular flexibility index (Phi) is 2.88. The monoisotopic (exact) mass is 353 g/mol. The van der Waals surface area contributed by atoms with Crippen molar-refractivity contribution in [1.29, 1.82) is 0 Å². The summed E-state index contributed by atoms with van der Waals surface area (Å²) in [4.78, 5) is 2.85. The number of likely N-dealkylation sites (tertiary alicyclic amines) is 1. The summed E-state index contributed by atoms with van der Waals surface area (Å²) in [6.07, 6.45) is 9.21. The van der Waals surface area contributed by atoms with Crippen molar-refractivity contribution >= 4 is 0 Å². The summed E-state index contributed by atoms with van der Waals surface area (Å²) in [5, 5.41) is 0. The van der Waals surface area contributed by atoms with Crippen molar-refractivity contribution in [2.45, 2.75) is 36.5 Å². The molecule has 2 aromatic carbocycles. The molecule has 136 valence electrons. The molecule has 3 unspecified atom stereocenters. The molecule has 4 bridgehead atoms. The van der Waals surface area contributed by atoms with E-state index in [9.17, 15) is 0 Å². The summed E-state index contributed by atoms with van der Waals surface area (Å²) in [5.74, 6) is 3.97. The van der Waals surface area contributed by atoms with Gasteiger partial charge in [0.2, 0.25) is 0 Å². The highest BCUT2D eigenvalue weighted by Crippen LogP contribution is 2.63. The lowest BCUT2D eigenvalue weighted by Gasteiger charge is -2.37. The second kappa shape index (κ2) is 5.14. The zero-order chi connectivity index (χ0) is 17.6. The van der Waals surface area contributed by atoms with Gasteiger partial charge in [-0.2, -0.15) is 0 Å². The minimum absolute atomic E-state index is 0.364. The summed E-state index contributed by atoms with van der Waals surface area (Å²) < 4.78 is 0. The molecule has 1 saturated heterocycles. The van der Waals surface area contributed by atoms with Gasteiger partial charge in [0.15, 0.2) is 0 Å². The predicted molar refractivity (Wildman–Crippen MR) is 109 cm³/mol. The molecule has 0 radical (unpaired) electrons. The standard InChI is InChI=1S/C26H27N/c1-2-6-21-20(5-1)23-13-26(24-8-4-3-7-22(23)24)16-27(15-25(21)26)14-19-12-17-9-10-18(19)11-17/h1-10,17-19,23,25H,11-16H2/t17-,18+,19+,23?,25?,26?/m1/s1. The third kappa shape index (κ3) is 1.89. The van der Waals surface area contributed by atoms with E-state index in [1.165, 1.54) is 38.9 Å². The molecule has 7 rings (SSSR count). The summed E-state index contributed by atoms with van der Waals surface area (Å²) in [6, 6.07) is 18.8. The molecule has 1 heterocycles. The van der Waals surface area contributed by atoms with Gasteiger partial charge in [0.25, 0.3) is 0 Å². The number of allylic oxidation sites excluding steroid dienone is 2. The summed E-state index contributed by atoms with van der Waals surface area (Å²) in [7, 11) is 0. The molecule has 0 amide bonds. The molecule has 4 aliphatic carbocycles. The van der Waals surface area contributed by atoms with Crippen LogP contribution >= 0.6 is 0 Å². The van der Waals surface area contributed by atoms with E-state index in [1.807, 2.05) is 0 Å². The molecular weight excluding hydrogens is 326 g/mol. The molecule has 1 spiro atoms. The molecule has 0 N–H and O–H groups in total. The molecule has 1 aliphatic heterocycles. The maximum Gasteiger partial charge on any atom is 0.0173 e. The Morgan fingerprint density at radius 1 is 0.889 bits per heavy atom. The summed E-state index contributed by atoms with van der Waals surface area (Å²) in [6.45, 7) is 3.85. The van der Waals surface area contributed by atoms with Gasteiger partial charge in [-0.15, -0.1) is 0 Å². The smallest absolute Gasteiger partial charge is 0.0173 e. The van der Waals surface area contributed by atoms with E-state index in [0.29, 0.717) is 17.3 Å². The van der Waals surface area contributed by atoms with Crippen LogP contribution in [0.5, 0.6) is 0 Å². The van der Waals surface area contributed by atoms with Gasteiger partial charge in [-0.05, 0) is 59.3 Å². The molecule has 2 aromatic rings. The van der Waals surface area contributed by atoms with Crippen molar-refractivity contribution in [2.24, 2.45) is 17.8 Å². The van der Waals surface area contributed by atoms with Crippen LogP contribution in [0.25, 0.3) is 0 Å². The lowest BCUT2D eigenvalue weighted by Crippen LogP contribution is -2.36. The molecule has 1 nitrogen and oxygen atoms in total. The lowest BCUT2D eigenvalue weighted by atomic mass is 9.65. The van der Waals surface area contributed by atoms with Crippen LogP contribution < -0.4 is 0 Å². The Morgan fingerprint density at radius 3 is 2.52 bits per heavy atom. The number of benzene rings is 2. The normalized spacial score (nSPS) is 40.2. The number of fused-ring (bicyclic) bond motifs is 5. The third-order valence-corrected chi connectivity index (χ3v) is 8.71. The maximum atomic E-state index is 2.85. The zero-order valence-electron chi connectivity index (χ0n) is 15.9. The summed E-state index contributed by atoms with van der Waals surface area (Å²) >= 11 is 0. The zero-order valence-corrected chi connectivity index (χ0v) is 15.9. The van der Waals surface area contributed by atoms with E-state index in [2.05, 4.69) is 65.6 Å². The van der Waals surface area contributed by atoms with Crippen LogP contribution in [0.4, 0.5) is 0 Å². The van der Waals surface area contributed by atoms with Crippen molar-refractivity contribution in [2.75, 3.05) is 19.6 Å². The van der Waals surface area contributed by atoms with Crippen molar-refractivity contribution < 1.29 is 0 Å². The van der Waals surface area contributed by atoms with Gasteiger partial charge >= 0.3 is 0 Å². The predicted octanol–water partition coefficient (Wildman–Crippen LogP) is 5.09. The van der Waals surface area contributed by atoms with Crippen molar-refractivity contribution in [3.63, 3.8) is 0 Å². The first-order valence-corrected chi connectivity index (χ1v) is 10.9. The van der Waals surface area contributed by atoms with E-state index in [4.69, 9.17) is 0 Å². The van der Waals surface area contributed by atoms with Crippen molar-refractivity contribution in [3.8, 4) is 0 Å². The van der Waals surface area contributed by atoms with E-state index >= 15 is 0 Å². The van der Waals surface area contributed by atoms with Crippen LogP contribution in [0.15, 0.2) is 60.7 Å². The van der Waals surface area contributed by atoms with E-state index in [1.54, 1.807) is 22.3 Å². The highest BCUT2D eigenvalue weighted by molar-refractivity contribution is 5.58. The molecule has 1 heteroatoms. The van der Waals surface area contributed by atoms with Crippen LogP contribution in [0.2, 0.25) is 0 Å². The van der Waals surface area contributed by atoms with E-state index in [-0.39, 0.29) is 0 Å². The average Bonchev–Trinajstić information content (AvgIpc) is 3.46. The molecule has 1 saturated carbocycles. The fourth-order valence-corrected chi connectivity index (χ4v) is 7.72. The van der Waals surface area contributed by atoms with E-state index < -0.39 is 0 Å². The lowest BCUT2D eigenvalue weighted by molar-refractivity contribution is 0.240. The Hall–Kier alpha value is -1.86. The summed E-state index contributed by atoms with van der Waals surface area (Å²) in [5.41, 5.74) is 6.93. The molecular formula is C26H27N. The maximum absolute atomic E-state index is 2.85. The molecule has 6 atom stereocenters. The molecule has 0 aromatic heterocycles. The highest BCUT2D eigenvalue weighted by Gasteiger charge is 2.58. The quantitative estimate of drug-likeness (QED) is 0.680. The van der Waals surface area contributed by atoms with E-state index in [0.717, 1.165) is 17.8 Å². The fraction of sp³-hybridized carbons (Fsp3) is 0.462. The molecule has 27 heavy (non-hydrogen) atoms. The number of nitrogens with zero attached hydrogens (tertiary/aromatic N) is 1. The second-order valence-corrected chi connectivity index (χ2v) is 9.92. The van der Waals surface area contributed by atoms with Crippen LogP contribution in [-0.4, -0.2) is 24.5 Å². The third-order valence-electron chi connectivity index (χ3n) is 8.71. The first-order chi connectivity index (χ1) is 13.3. The largest absolute Gasteiger partial charge is 0.301 e. The van der Waals surface area contributed by atoms with Crippen LogP contribution in [0.3, 0.4) is 0 Å². The Labute approximate surface area is 162 Å². The minimum atomic E-state index is 0.364. The minimum Gasteiger partial charge on any atom is -0.301 e. The van der Waals surface area contributed by atoms with Crippen LogP contribution in [0, 0.1) is 17.8 Å². The second-order valence-electron chi connectivity index (χ2n) is 9.92. The van der Waals surface area contributed by atoms with Crippen molar-refractivity contribution in [3.05, 3.63) is 82.9 Å². The van der Waals surface area contributed by atoms with Gasteiger partial charge < -0.3 is 4.90 Å². The Morgan fingerprint density at radius 2 is 1.70 bits per heavy atom. The number of hydrogen-bond acceptors (Lipinski definition) is 1. The highest BCUT2D eigenvalue weighted by atomic mass is 15.2. The van der Waals surface area contributed by atoms with Crippen molar-refractivity contribution in [1.82, 2.24) is 4.90 Å². The number of hydrogen-bond donors (Lipinski definition) is 0. The van der Waals surface area contributed by atoms with Gasteiger partial charge in [0.1, 0.15) is 0 Å². The van der Waals surface area contributed by atoms with Gasteiger partial charge in [-0.25, -0.2) is 0 Å². The first kappa shape index (κ1) is 15.1. The molecule has 2 fully saturated rings. The number of rotatable bonds is 2.